The van der Waals surface area contributed by atoms with Crippen LogP contribution in [0.3, 0.4) is 0 Å². The average Bonchev–Trinajstić information content (AvgIpc) is 2.61. The molecule has 0 atom stereocenters. The smallest absolute Gasteiger partial charge is 0.120 e. The summed E-state index contributed by atoms with van der Waals surface area (Å²) in [4.78, 5) is 4.19. The molecule has 138 valence electrons. The van der Waals surface area contributed by atoms with E-state index in [4.69, 9.17) is 9.47 Å². The van der Waals surface area contributed by atoms with Crippen LogP contribution in [0.2, 0.25) is 0 Å². The van der Waals surface area contributed by atoms with Crippen molar-refractivity contribution < 1.29 is 9.47 Å². The molecule has 0 aliphatic rings. The van der Waals surface area contributed by atoms with Crippen molar-refractivity contribution in [3.8, 4) is 23.3 Å². The summed E-state index contributed by atoms with van der Waals surface area (Å²) in [6.45, 7) is 3.13. The predicted molar refractivity (Wildman–Crippen MR) is 107 cm³/mol. The highest BCUT2D eigenvalue weighted by molar-refractivity contribution is 5.46. The van der Waals surface area contributed by atoms with Gasteiger partial charge in [0.2, 0.25) is 0 Å². The van der Waals surface area contributed by atoms with Crippen molar-refractivity contribution in [2.75, 3.05) is 54.5 Å². The summed E-state index contributed by atoms with van der Waals surface area (Å²) in [6, 6.07) is 15.8. The number of nitrogens with zero attached hydrogens (tertiary/aromatic N) is 2. The number of benzene rings is 2. The number of hydrogen-bond donors (Lipinski definition) is 0. The van der Waals surface area contributed by atoms with Gasteiger partial charge in [0.05, 0.1) is 0 Å². The van der Waals surface area contributed by atoms with Crippen molar-refractivity contribution in [1.82, 2.24) is 9.80 Å². The molecule has 0 bridgehead atoms. The molecular formula is C22H28N2O2. The molecule has 2 aromatic carbocycles. The quantitative estimate of drug-likeness (QED) is 0.682. The Labute approximate surface area is 157 Å². The summed E-state index contributed by atoms with van der Waals surface area (Å²) in [5.41, 5.74) is 1.91. The van der Waals surface area contributed by atoms with Gasteiger partial charge in [0.1, 0.15) is 24.7 Å². The second-order valence-corrected chi connectivity index (χ2v) is 6.61. The van der Waals surface area contributed by atoms with E-state index in [1.165, 1.54) is 0 Å². The van der Waals surface area contributed by atoms with E-state index >= 15 is 0 Å². The maximum absolute atomic E-state index is 5.75. The van der Waals surface area contributed by atoms with Crippen LogP contribution in [0.15, 0.2) is 48.5 Å². The minimum Gasteiger partial charge on any atom is -0.492 e. The summed E-state index contributed by atoms with van der Waals surface area (Å²) < 4.78 is 11.4. The van der Waals surface area contributed by atoms with E-state index in [0.29, 0.717) is 13.2 Å². The van der Waals surface area contributed by atoms with Gasteiger partial charge >= 0.3 is 0 Å². The molecule has 0 saturated carbocycles. The predicted octanol–water partition coefficient (Wildman–Crippen LogP) is 2.97. The molecule has 0 fully saturated rings. The lowest BCUT2D eigenvalue weighted by atomic mass is 10.1. The van der Waals surface area contributed by atoms with Crippen LogP contribution in [-0.2, 0) is 0 Å². The van der Waals surface area contributed by atoms with E-state index in [-0.39, 0.29) is 0 Å². The highest BCUT2D eigenvalue weighted by atomic mass is 16.5. The Morgan fingerprint density at radius 2 is 1.27 bits per heavy atom. The zero-order valence-electron chi connectivity index (χ0n) is 16.2. The SMILES string of the molecule is CN(C)CCOc1ccc(C#Cc2cccc(OCCN(C)C)c2)cc1. The Hall–Kier alpha value is -2.48. The van der Waals surface area contributed by atoms with Crippen LogP contribution in [-0.4, -0.2) is 64.3 Å². The van der Waals surface area contributed by atoms with Gasteiger partial charge in [0.15, 0.2) is 0 Å². The third-order valence-corrected chi connectivity index (χ3v) is 3.65. The molecule has 2 aromatic rings. The zero-order chi connectivity index (χ0) is 18.8. The molecular weight excluding hydrogens is 324 g/mol. The van der Waals surface area contributed by atoms with Crippen LogP contribution < -0.4 is 9.47 Å². The molecule has 0 N–H and O–H groups in total. The van der Waals surface area contributed by atoms with E-state index in [1.54, 1.807) is 0 Å². The summed E-state index contributed by atoms with van der Waals surface area (Å²) in [6.07, 6.45) is 0. The van der Waals surface area contributed by atoms with Crippen molar-refractivity contribution >= 4 is 0 Å². The largest absolute Gasteiger partial charge is 0.492 e. The van der Waals surface area contributed by atoms with Crippen molar-refractivity contribution in [2.24, 2.45) is 0 Å². The van der Waals surface area contributed by atoms with Crippen LogP contribution in [0.4, 0.5) is 0 Å². The molecule has 0 aliphatic heterocycles. The molecule has 26 heavy (non-hydrogen) atoms. The Balaban J connectivity index is 1.91. The molecule has 0 radical (unpaired) electrons. The lowest BCUT2D eigenvalue weighted by molar-refractivity contribution is 0.261. The van der Waals surface area contributed by atoms with Crippen LogP contribution in [0.25, 0.3) is 0 Å². The molecule has 4 heteroatoms. The number of hydrogen-bond acceptors (Lipinski definition) is 4. The molecule has 0 saturated heterocycles. The minimum absolute atomic E-state index is 0.666. The highest BCUT2D eigenvalue weighted by Gasteiger charge is 1.97. The Bertz CT molecular complexity index is 728. The fraction of sp³-hybridized carbons (Fsp3) is 0.364. The van der Waals surface area contributed by atoms with Crippen molar-refractivity contribution in [2.45, 2.75) is 0 Å². The van der Waals surface area contributed by atoms with E-state index in [0.717, 1.165) is 35.7 Å². The fourth-order valence-corrected chi connectivity index (χ4v) is 2.13. The van der Waals surface area contributed by atoms with E-state index in [1.807, 2.05) is 76.7 Å². The van der Waals surface area contributed by atoms with E-state index in [9.17, 15) is 0 Å². The van der Waals surface area contributed by atoms with Gasteiger partial charge in [-0.3, -0.25) is 0 Å². The maximum Gasteiger partial charge on any atom is 0.120 e. The third-order valence-electron chi connectivity index (χ3n) is 3.65. The fourth-order valence-electron chi connectivity index (χ4n) is 2.13. The van der Waals surface area contributed by atoms with Gasteiger partial charge in [-0.05, 0) is 70.7 Å². The second-order valence-electron chi connectivity index (χ2n) is 6.61. The number of rotatable bonds is 8. The average molecular weight is 352 g/mol. The van der Waals surface area contributed by atoms with Crippen molar-refractivity contribution in [3.63, 3.8) is 0 Å². The molecule has 0 aromatic heterocycles. The highest BCUT2D eigenvalue weighted by Crippen LogP contribution is 2.14. The van der Waals surface area contributed by atoms with Crippen molar-refractivity contribution in [3.05, 3.63) is 59.7 Å². The monoisotopic (exact) mass is 352 g/mol. The van der Waals surface area contributed by atoms with Gasteiger partial charge in [-0.1, -0.05) is 17.9 Å². The van der Waals surface area contributed by atoms with Crippen LogP contribution in [0, 0.1) is 11.8 Å². The van der Waals surface area contributed by atoms with E-state index < -0.39 is 0 Å². The zero-order valence-corrected chi connectivity index (χ0v) is 16.2. The summed E-state index contributed by atoms with van der Waals surface area (Å²) in [7, 11) is 8.13. The number of likely N-dealkylation sites (N-methyl/N-ethyl adjacent to an activating group) is 2. The molecule has 2 rings (SSSR count). The standard InChI is InChI=1S/C22H28N2O2/c1-23(2)14-16-25-21-12-10-19(11-13-21)8-9-20-6-5-7-22(18-20)26-17-15-24(3)4/h5-7,10-13,18H,14-17H2,1-4H3. The lowest BCUT2D eigenvalue weighted by Gasteiger charge is -2.11. The molecule has 4 nitrogen and oxygen atoms in total. The molecule has 0 amide bonds. The van der Waals surface area contributed by atoms with Gasteiger partial charge in [0, 0.05) is 24.2 Å². The second kappa shape index (κ2) is 10.5. The van der Waals surface area contributed by atoms with E-state index in [2.05, 4.69) is 21.6 Å². The van der Waals surface area contributed by atoms with Crippen LogP contribution in [0.1, 0.15) is 11.1 Å². The first-order valence-corrected chi connectivity index (χ1v) is 8.80. The summed E-state index contributed by atoms with van der Waals surface area (Å²) in [5.74, 6) is 8.10. The molecule has 0 heterocycles. The normalized spacial score (nSPS) is 10.5. The Morgan fingerprint density at radius 3 is 1.88 bits per heavy atom. The third kappa shape index (κ3) is 7.60. The molecule has 0 spiro atoms. The maximum atomic E-state index is 5.75. The van der Waals surface area contributed by atoms with Gasteiger partial charge in [0.25, 0.3) is 0 Å². The van der Waals surface area contributed by atoms with Gasteiger partial charge < -0.3 is 19.3 Å². The Kier molecular flexibility index (Phi) is 8.01. The van der Waals surface area contributed by atoms with Crippen LogP contribution in [0.5, 0.6) is 11.5 Å². The first-order chi connectivity index (χ1) is 12.5. The summed E-state index contributed by atoms with van der Waals surface area (Å²) in [5, 5.41) is 0. The van der Waals surface area contributed by atoms with Crippen molar-refractivity contribution in [1.29, 1.82) is 0 Å². The Morgan fingerprint density at radius 1 is 0.692 bits per heavy atom. The lowest BCUT2D eigenvalue weighted by Crippen LogP contribution is -2.19. The molecule has 0 unspecified atom stereocenters. The first-order valence-electron chi connectivity index (χ1n) is 8.80. The topological polar surface area (TPSA) is 24.9 Å². The molecule has 0 aliphatic carbocycles. The van der Waals surface area contributed by atoms with Gasteiger partial charge in [-0.2, -0.15) is 0 Å². The van der Waals surface area contributed by atoms with Gasteiger partial charge in [-0.15, -0.1) is 0 Å². The van der Waals surface area contributed by atoms with Crippen LogP contribution >= 0.6 is 0 Å². The number of ether oxygens (including phenoxy) is 2. The first kappa shape index (κ1) is 19.8. The minimum atomic E-state index is 0.666. The summed E-state index contributed by atoms with van der Waals surface area (Å²) >= 11 is 0. The van der Waals surface area contributed by atoms with Gasteiger partial charge in [-0.25, -0.2) is 0 Å².